The van der Waals surface area contributed by atoms with Crippen LogP contribution in [-0.4, -0.2) is 3.67 Å². The van der Waals surface area contributed by atoms with Crippen LogP contribution in [0.25, 0.3) is 5.57 Å². The highest BCUT2D eigenvalue weighted by Crippen LogP contribution is 2.57. The molecule has 0 unspecified atom stereocenters. The van der Waals surface area contributed by atoms with E-state index in [1.807, 2.05) is 0 Å². The molecule has 0 bridgehead atoms. The Morgan fingerprint density at radius 2 is 1.95 bits per heavy atom. The summed E-state index contributed by atoms with van der Waals surface area (Å²) in [6, 6.07) is 7.06. The molecule has 0 amide bonds. The summed E-state index contributed by atoms with van der Waals surface area (Å²) in [5.74, 6) is 0. The maximum absolute atomic E-state index is 3.46. The van der Waals surface area contributed by atoms with E-state index in [0.29, 0.717) is 0 Å². The Balaban J connectivity index is 2.01. The van der Waals surface area contributed by atoms with Crippen molar-refractivity contribution in [3.05, 3.63) is 68.8 Å². The molecule has 4 rings (SSSR count). The van der Waals surface area contributed by atoms with Gasteiger partial charge in [0.1, 0.15) is 0 Å². The number of halogens is 1. The molecule has 1 saturated carbocycles. The van der Waals surface area contributed by atoms with Gasteiger partial charge in [-0.1, -0.05) is 58.8 Å². The number of allylic oxidation sites excluding steroid dienone is 6. The van der Waals surface area contributed by atoms with Crippen LogP contribution in [0, 0.1) is 6.92 Å². The highest BCUT2D eigenvalue weighted by Gasteiger charge is 2.45. The lowest BCUT2D eigenvalue weighted by Crippen LogP contribution is -2.28. The molecule has 0 atom stereocenters. The highest BCUT2D eigenvalue weighted by atomic mass is 127. The van der Waals surface area contributed by atoms with Crippen molar-refractivity contribution >= 4 is 30.0 Å². The molecule has 1 aliphatic heterocycles. The van der Waals surface area contributed by atoms with Crippen LogP contribution in [0.1, 0.15) is 48.8 Å². The van der Waals surface area contributed by atoms with Gasteiger partial charge >= 0.3 is 0 Å². The molecule has 112 valence electrons. The van der Waals surface area contributed by atoms with Crippen LogP contribution < -0.4 is 0 Å². The predicted octanol–water partition coefficient (Wildman–Crippen LogP) is 5.98. The van der Waals surface area contributed by atoms with Gasteiger partial charge in [0.25, 0.3) is 0 Å². The third kappa shape index (κ3) is 2.23. The van der Waals surface area contributed by atoms with Gasteiger partial charge in [-0.25, -0.2) is 0 Å². The Kier molecular flexibility index (Phi) is 3.79. The van der Waals surface area contributed by atoms with Gasteiger partial charge in [0.15, 0.2) is 0 Å². The first-order chi connectivity index (χ1) is 10.8. The molecule has 1 heteroatoms. The molecule has 0 aromatic heterocycles. The number of hydrogen-bond acceptors (Lipinski definition) is 0. The quantitative estimate of drug-likeness (QED) is 0.471. The first-order valence-corrected chi connectivity index (χ1v) is 10.5. The number of rotatable bonds is 0. The second-order valence-corrected chi connectivity index (χ2v) is 8.52. The lowest BCUT2D eigenvalue weighted by atomic mass is 9.67. The van der Waals surface area contributed by atoms with Crippen LogP contribution in [0.2, 0.25) is 0 Å². The number of benzene rings is 1. The first-order valence-electron chi connectivity index (χ1n) is 8.22. The van der Waals surface area contributed by atoms with Crippen molar-refractivity contribution < 1.29 is 0 Å². The van der Waals surface area contributed by atoms with Crippen LogP contribution in [0.5, 0.6) is 0 Å². The summed E-state index contributed by atoms with van der Waals surface area (Å²) in [6.07, 6.45) is 15.9. The average Bonchev–Trinajstić information content (AvgIpc) is 2.84. The van der Waals surface area contributed by atoms with E-state index in [1.54, 1.807) is 11.1 Å². The Hall–Kier alpha value is -1.18. The molecule has 1 aromatic carbocycles. The Morgan fingerprint density at radius 3 is 2.82 bits per heavy atom. The molecule has 0 nitrogen and oxygen atoms in total. The normalized spacial score (nSPS) is 28.0. The molecule has 1 spiro atoms. The smallest absolute Gasteiger partial charge is 0.0215 e. The lowest BCUT2D eigenvalue weighted by Gasteiger charge is -2.36. The largest absolute Gasteiger partial charge is 0.0825 e. The summed E-state index contributed by atoms with van der Waals surface area (Å²) < 4.78 is 5.79. The fourth-order valence-corrected chi connectivity index (χ4v) is 5.33. The zero-order chi connectivity index (χ0) is 15.0. The van der Waals surface area contributed by atoms with E-state index < -0.39 is 0 Å². The van der Waals surface area contributed by atoms with Crippen LogP contribution in [0.4, 0.5) is 0 Å². The molecule has 0 saturated heterocycles. The molecule has 1 fully saturated rings. The maximum atomic E-state index is 3.46. The Bertz CT molecular complexity index is 761. The van der Waals surface area contributed by atoms with E-state index in [-0.39, 0.29) is 26.1 Å². The van der Waals surface area contributed by atoms with Gasteiger partial charge in [0, 0.05) is 5.41 Å². The number of aryl methyl sites for hydroxylation is 1. The van der Waals surface area contributed by atoms with Crippen LogP contribution >= 0.6 is 20.7 Å². The van der Waals surface area contributed by atoms with Crippen molar-refractivity contribution in [1.29, 1.82) is 0 Å². The zero-order valence-electron chi connectivity index (χ0n) is 13.0. The fraction of sp³-hybridized carbons (Fsp3) is 0.333. The zero-order valence-corrected chi connectivity index (χ0v) is 15.2. The summed E-state index contributed by atoms with van der Waals surface area (Å²) >= 11 is -0.0470. The molecule has 0 radical (unpaired) electrons. The van der Waals surface area contributed by atoms with Crippen molar-refractivity contribution in [1.82, 2.24) is 0 Å². The van der Waals surface area contributed by atoms with Crippen molar-refractivity contribution in [2.75, 3.05) is 0 Å². The molecule has 1 aromatic rings. The van der Waals surface area contributed by atoms with E-state index in [9.17, 15) is 0 Å². The summed E-state index contributed by atoms with van der Waals surface area (Å²) in [6.45, 7) is 2.23. The minimum Gasteiger partial charge on any atom is -0.0825 e. The van der Waals surface area contributed by atoms with Crippen molar-refractivity contribution in [3.8, 4) is 0 Å². The van der Waals surface area contributed by atoms with E-state index in [4.69, 9.17) is 0 Å². The average molecular weight is 400 g/mol. The molecular formula is C21H21I. The predicted molar refractivity (Wildman–Crippen MR) is 105 cm³/mol. The Morgan fingerprint density at radius 1 is 1.09 bits per heavy atom. The van der Waals surface area contributed by atoms with Gasteiger partial charge < -0.3 is 0 Å². The number of hydrogen-bond donors (Lipinski definition) is 0. The second-order valence-electron chi connectivity index (χ2n) is 6.56. The van der Waals surface area contributed by atoms with E-state index >= 15 is 0 Å². The summed E-state index contributed by atoms with van der Waals surface area (Å²) in [5.41, 5.74) is 7.71. The van der Waals surface area contributed by atoms with Gasteiger partial charge in [0.05, 0.1) is 0 Å². The van der Waals surface area contributed by atoms with Crippen LogP contribution in [0.15, 0.2) is 52.2 Å². The standard InChI is InChI=1S/C21H21I/c1-16-9-10-18-17-7-5-13-22-14-6-8-19(17)21(20(18)15-16)11-3-2-4-12-21/h5-10,14-15H,2-4,11-12H2,1H3/b14-6+,17-7-,19-8+. The molecule has 0 N–H and O–H groups in total. The van der Waals surface area contributed by atoms with E-state index in [2.05, 4.69) is 57.2 Å². The SMILES string of the molecule is Cc1ccc2c(c1)C1(CCCCC1)C1=C/C=C/I=C=C/C=C\12. The number of fused-ring (bicyclic) bond motifs is 5. The summed E-state index contributed by atoms with van der Waals surface area (Å²) in [7, 11) is 0. The Labute approximate surface area is 143 Å². The van der Waals surface area contributed by atoms with Gasteiger partial charge in [-0.2, -0.15) is 0 Å². The third-order valence-electron chi connectivity index (χ3n) is 5.27. The maximum Gasteiger partial charge on any atom is 0.0215 e. The molecule has 1 heterocycles. The van der Waals surface area contributed by atoms with Gasteiger partial charge in [-0.3, -0.25) is 0 Å². The second kappa shape index (κ2) is 5.79. The van der Waals surface area contributed by atoms with Gasteiger partial charge in [-0.05, 0) is 79.0 Å². The van der Waals surface area contributed by atoms with Crippen molar-refractivity contribution in [2.45, 2.75) is 44.4 Å². The molecule has 3 aliphatic rings. The van der Waals surface area contributed by atoms with Crippen molar-refractivity contribution in [3.63, 3.8) is 0 Å². The van der Waals surface area contributed by atoms with E-state index in [1.165, 1.54) is 48.8 Å². The lowest BCUT2D eigenvalue weighted by molar-refractivity contribution is 0.352. The fourth-order valence-electron chi connectivity index (χ4n) is 4.32. The molecular weight excluding hydrogens is 379 g/mol. The minimum absolute atomic E-state index is 0.0470. The van der Waals surface area contributed by atoms with E-state index in [0.717, 1.165) is 0 Å². The molecule has 2 aliphatic carbocycles. The third-order valence-corrected chi connectivity index (χ3v) is 6.76. The highest BCUT2D eigenvalue weighted by molar-refractivity contribution is 14.2. The summed E-state index contributed by atoms with van der Waals surface area (Å²) in [5, 5.41) is 0. The monoisotopic (exact) mass is 400 g/mol. The van der Waals surface area contributed by atoms with Gasteiger partial charge in [0.2, 0.25) is 0 Å². The van der Waals surface area contributed by atoms with Crippen molar-refractivity contribution in [2.24, 2.45) is 0 Å². The summed E-state index contributed by atoms with van der Waals surface area (Å²) in [4.78, 5) is 0. The van der Waals surface area contributed by atoms with Crippen LogP contribution in [-0.2, 0) is 5.41 Å². The van der Waals surface area contributed by atoms with Crippen LogP contribution in [0.3, 0.4) is 0 Å². The first kappa shape index (κ1) is 14.4. The molecule has 22 heavy (non-hydrogen) atoms. The topological polar surface area (TPSA) is 0 Å². The minimum atomic E-state index is -0.0470. The van der Waals surface area contributed by atoms with Gasteiger partial charge in [-0.15, -0.1) is 0 Å².